The van der Waals surface area contributed by atoms with Gasteiger partial charge in [0.2, 0.25) is 0 Å². The van der Waals surface area contributed by atoms with Crippen molar-refractivity contribution in [1.82, 2.24) is 25.5 Å². The van der Waals surface area contributed by atoms with Crippen molar-refractivity contribution in [2.45, 2.75) is 37.7 Å². The average molecular weight is 342 g/mol. The fourth-order valence-corrected chi connectivity index (χ4v) is 3.65. The van der Waals surface area contributed by atoms with Gasteiger partial charge >= 0.3 is 0 Å². The predicted octanol–water partition coefficient (Wildman–Crippen LogP) is 0.450. The summed E-state index contributed by atoms with van der Waals surface area (Å²) >= 11 is 0. The molecule has 25 heavy (non-hydrogen) atoms. The van der Waals surface area contributed by atoms with Crippen LogP contribution in [0.5, 0.6) is 0 Å². The molecule has 0 radical (unpaired) electrons. The number of nitrogens with zero attached hydrogens (tertiary/aromatic N) is 4. The molecule has 1 fully saturated rings. The number of nitrogens with one attached hydrogen (secondary N) is 2. The number of aliphatic hydroxyl groups is 1. The Kier molecular flexibility index (Phi) is 4.12. The monoisotopic (exact) mass is 342 g/mol. The quantitative estimate of drug-likeness (QED) is 0.745. The molecule has 0 saturated carbocycles. The molecule has 1 aliphatic heterocycles. The van der Waals surface area contributed by atoms with E-state index in [1.54, 1.807) is 18.6 Å². The van der Waals surface area contributed by atoms with Gasteiger partial charge in [0.25, 0.3) is 5.91 Å². The second kappa shape index (κ2) is 6.44. The first-order valence-electron chi connectivity index (χ1n) is 8.72. The highest BCUT2D eigenvalue weighted by Crippen LogP contribution is 2.25. The molecule has 3 N–H and O–H groups in total. The van der Waals surface area contributed by atoms with E-state index in [1.807, 2.05) is 4.90 Å². The molecule has 0 bridgehead atoms. The van der Waals surface area contributed by atoms with Crippen molar-refractivity contribution in [2.75, 3.05) is 24.5 Å². The number of hydrogen-bond acceptors (Lipinski definition) is 6. The highest BCUT2D eigenvalue weighted by atomic mass is 16.3. The van der Waals surface area contributed by atoms with Crippen LogP contribution in [0.4, 0.5) is 5.82 Å². The van der Waals surface area contributed by atoms with E-state index in [0.29, 0.717) is 25.2 Å². The van der Waals surface area contributed by atoms with Crippen molar-refractivity contribution < 1.29 is 9.90 Å². The zero-order valence-corrected chi connectivity index (χ0v) is 14.0. The van der Waals surface area contributed by atoms with Crippen LogP contribution in [0.25, 0.3) is 0 Å². The van der Waals surface area contributed by atoms with Gasteiger partial charge in [0.05, 0.1) is 6.20 Å². The number of aryl methyl sites for hydroxylation is 1. The van der Waals surface area contributed by atoms with Gasteiger partial charge < -0.3 is 15.3 Å². The molecule has 3 heterocycles. The van der Waals surface area contributed by atoms with Gasteiger partial charge in [-0.2, -0.15) is 5.10 Å². The number of rotatable bonds is 4. The third kappa shape index (κ3) is 3.21. The molecule has 1 saturated heterocycles. The molecule has 0 aromatic carbocycles. The Hall–Kier alpha value is -2.48. The minimum atomic E-state index is -0.969. The van der Waals surface area contributed by atoms with Crippen LogP contribution in [-0.4, -0.2) is 56.4 Å². The van der Waals surface area contributed by atoms with Crippen molar-refractivity contribution in [3.05, 3.63) is 35.5 Å². The van der Waals surface area contributed by atoms with Gasteiger partial charge in [-0.05, 0) is 32.1 Å². The fraction of sp³-hybridized carbons (Fsp3) is 0.529. The van der Waals surface area contributed by atoms with Crippen LogP contribution in [0.2, 0.25) is 0 Å². The van der Waals surface area contributed by atoms with E-state index in [2.05, 4.69) is 25.5 Å². The third-order valence-electron chi connectivity index (χ3n) is 5.06. The van der Waals surface area contributed by atoms with Crippen LogP contribution in [0, 0.1) is 0 Å². The summed E-state index contributed by atoms with van der Waals surface area (Å²) in [6, 6.07) is 0. The molecule has 0 spiro atoms. The molecule has 2 aromatic heterocycles. The zero-order chi connectivity index (χ0) is 17.3. The van der Waals surface area contributed by atoms with E-state index in [0.717, 1.165) is 42.8 Å². The Balaban J connectivity index is 1.38. The molecule has 1 unspecified atom stereocenters. The van der Waals surface area contributed by atoms with Gasteiger partial charge in [-0.3, -0.25) is 14.9 Å². The SMILES string of the molecule is O=C(NCC1(O)CCN(c2cnccn2)C1)c1n[nH]c2c1CCCC2. The van der Waals surface area contributed by atoms with Gasteiger partial charge in [-0.15, -0.1) is 0 Å². The van der Waals surface area contributed by atoms with Crippen LogP contribution in [-0.2, 0) is 12.8 Å². The normalized spacial score (nSPS) is 22.7. The largest absolute Gasteiger partial charge is 0.386 e. The molecule has 132 valence electrons. The number of fused-ring (bicyclic) bond motifs is 1. The summed E-state index contributed by atoms with van der Waals surface area (Å²) in [4.78, 5) is 22.8. The van der Waals surface area contributed by atoms with E-state index in [1.165, 1.54) is 0 Å². The minimum Gasteiger partial charge on any atom is -0.386 e. The molecule has 1 atom stereocenters. The lowest BCUT2D eigenvalue weighted by Gasteiger charge is -2.24. The van der Waals surface area contributed by atoms with Crippen LogP contribution in [0.1, 0.15) is 41.0 Å². The maximum absolute atomic E-state index is 12.5. The molecular weight excluding hydrogens is 320 g/mol. The number of amides is 1. The second-order valence-corrected chi connectivity index (χ2v) is 6.88. The standard InChI is InChI=1S/C17H22N6O2/c24-16(15-12-3-1-2-4-13(12)21-22-15)20-10-17(25)5-8-23(11-17)14-9-18-6-7-19-14/h6-7,9,25H,1-5,8,10-11H2,(H,20,24)(H,21,22). The summed E-state index contributed by atoms with van der Waals surface area (Å²) in [6.07, 6.45) is 9.57. The Morgan fingerprint density at radius 2 is 2.24 bits per heavy atom. The van der Waals surface area contributed by atoms with E-state index < -0.39 is 5.60 Å². The summed E-state index contributed by atoms with van der Waals surface area (Å²) in [7, 11) is 0. The maximum atomic E-state index is 12.5. The number of carbonyl (C=O) groups is 1. The summed E-state index contributed by atoms with van der Waals surface area (Å²) in [6.45, 7) is 1.30. The number of aromatic amines is 1. The first-order chi connectivity index (χ1) is 12.1. The summed E-state index contributed by atoms with van der Waals surface area (Å²) in [5.41, 5.74) is 1.61. The summed E-state index contributed by atoms with van der Waals surface area (Å²) in [5.74, 6) is 0.525. The molecule has 2 aliphatic rings. The average Bonchev–Trinajstić information content (AvgIpc) is 3.25. The van der Waals surface area contributed by atoms with Gasteiger partial charge in [0.15, 0.2) is 5.69 Å². The highest BCUT2D eigenvalue weighted by molar-refractivity contribution is 5.94. The fourth-order valence-electron chi connectivity index (χ4n) is 3.65. The Morgan fingerprint density at radius 3 is 3.08 bits per heavy atom. The number of hydrogen-bond donors (Lipinski definition) is 3. The number of aromatic nitrogens is 4. The van der Waals surface area contributed by atoms with Crippen LogP contribution in [0.3, 0.4) is 0 Å². The summed E-state index contributed by atoms with van der Waals surface area (Å²) < 4.78 is 0. The summed E-state index contributed by atoms with van der Waals surface area (Å²) in [5, 5.41) is 20.8. The lowest BCUT2D eigenvalue weighted by Crippen LogP contribution is -2.45. The molecule has 1 amide bonds. The lowest BCUT2D eigenvalue weighted by molar-refractivity contribution is 0.0573. The molecule has 2 aromatic rings. The van der Waals surface area contributed by atoms with Crippen LogP contribution >= 0.6 is 0 Å². The van der Waals surface area contributed by atoms with Crippen molar-refractivity contribution in [3.8, 4) is 0 Å². The van der Waals surface area contributed by atoms with Crippen molar-refractivity contribution >= 4 is 11.7 Å². The molecule has 4 rings (SSSR count). The first kappa shape index (κ1) is 16.0. The van der Waals surface area contributed by atoms with Crippen LogP contribution < -0.4 is 10.2 Å². The predicted molar refractivity (Wildman–Crippen MR) is 91.4 cm³/mol. The Morgan fingerprint density at radius 1 is 1.36 bits per heavy atom. The van der Waals surface area contributed by atoms with Crippen LogP contribution in [0.15, 0.2) is 18.6 Å². The molecule has 1 aliphatic carbocycles. The maximum Gasteiger partial charge on any atom is 0.272 e. The topological polar surface area (TPSA) is 107 Å². The van der Waals surface area contributed by atoms with E-state index >= 15 is 0 Å². The van der Waals surface area contributed by atoms with Crippen molar-refractivity contribution in [2.24, 2.45) is 0 Å². The zero-order valence-electron chi connectivity index (χ0n) is 14.0. The number of carbonyl (C=O) groups excluding carboxylic acids is 1. The number of H-pyrrole nitrogens is 1. The first-order valence-corrected chi connectivity index (χ1v) is 8.72. The number of β-amino-alcohol motifs (C(OH)–C–C–N with tert-alkyl or cyclic N) is 1. The van der Waals surface area contributed by atoms with Crippen molar-refractivity contribution in [3.63, 3.8) is 0 Å². The van der Waals surface area contributed by atoms with Gasteiger partial charge in [0.1, 0.15) is 11.4 Å². The Bertz CT molecular complexity index is 762. The Labute approximate surface area is 145 Å². The number of anilines is 1. The van der Waals surface area contributed by atoms with Crippen molar-refractivity contribution in [1.29, 1.82) is 0 Å². The smallest absolute Gasteiger partial charge is 0.272 e. The highest BCUT2D eigenvalue weighted by Gasteiger charge is 2.37. The van der Waals surface area contributed by atoms with E-state index in [9.17, 15) is 9.90 Å². The van der Waals surface area contributed by atoms with Gasteiger partial charge in [-0.1, -0.05) is 0 Å². The van der Waals surface area contributed by atoms with Gasteiger partial charge in [0, 0.05) is 43.3 Å². The molecule has 8 heteroatoms. The van der Waals surface area contributed by atoms with E-state index in [4.69, 9.17) is 0 Å². The second-order valence-electron chi connectivity index (χ2n) is 6.88. The third-order valence-corrected chi connectivity index (χ3v) is 5.06. The van der Waals surface area contributed by atoms with E-state index in [-0.39, 0.29) is 12.5 Å². The molecular formula is C17H22N6O2. The minimum absolute atomic E-state index is 0.199. The lowest BCUT2D eigenvalue weighted by atomic mass is 9.95. The molecule has 8 nitrogen and oxygen atoms in total. The van der Waals surface area contributed by atoms with Gasteiger partial charge in [-0.25, -0.2) is 4.98 Å².